The number of azo groups is 1. The lowest BCUT2D eigenvalue weighted by molar-refractivity contribution is -0.480. The maximum atomic E-state index is 13.3. The number of rotatable bonds is 14. The minimum Gasteiger partial charge on any atom is -0.481 e. The van der Waals surface area contributed by atoms with Crippen LogP contribution in [0.1, 0.15) is 40.0 Å². The Balaban J connectivity index is 1.50. The van der Waals surface area contributed by atoms with Crippen molar-refractivity contribution in [3.05, 3.63) is 97.9 Å². The lowest BCUT2D eigenvalue weighted by Gasteiger charge is -2.11. The zero-order valence-corrected chi connectivity index (χ0v) is 26.2. The molecule has 0 aliphatic heterocycles. The van der Waals surface area contributed by atoms with Gasteiger partial charge in [-0.1, -0.05) is 32.9 Å². The first-order chi connectivity index (χ1) is 22.1. The molecule has 4 aromatic rings. The summed E-state index contributed by atoms with van der Waals surface area (Å²) in [5.41, 5.74) is 1.66. The summed E-state index contributed by atoms with van der Waals surface area (Å²) >= 11 is 5.19. The van der Waals surface area contributed by atoms with Gasteiger partial charge >= 0.3 is 17.9 Å². The van der Waals surface area contributed by atoms with Gasteiger partial charge in [-0.25, -0.2) is 4.79 Å². The second kappa shape index (κ2) is 16.2. The van der Waals surface area contributed by atoms with E-state index in [0.717, 1.165) is 14.3 Å². The third-order valence-corrected chi connectivity index (χ3v) is 8.89. The Morgan fingerprint density at radius 3 is 2.24 bits per heavy atom. The number of carboxylic acid groups (broad SMARTS) is 1. The van der Waals surface area contributed by atoms with Crippen LogP contribution in [0.15, 0.2) is 83.0 Å². The highest BCUT2D eigenvalue weighted by Crippen LogP contribution is 2.32. The molecule has 2 N–H and O–H groups in total. The van der Waals surface area contributed by atoms with Crippen LogP contribution < -0.4 is 14.8 Å². The van der Waals surface area contributed by atoms with Crippen molar-refractivity contribution < 1.29 is 38.7 Å². The molecule has 0 aliphatic rings. The first-order valence-corrected chi connectivity index (χ1v) is 16.0. The molecule has 0 saturated carbocycles. The van der Waals surface area contributed by atoms with Crippen LogP contribution in [0, 0.1) is 13.9 Å². The fraction of sp³-hybridized carbons (Fsp3) is 0.167. The van der Waals surface area contributed by atoms with Crippen molar-refractivity contribution in [2.75, 3.05) is 13.1 Å². The van der Waals surface area contributed by atoms with Crippen LogP contribution >= 0.6 is 32.9 Å². The highest BCUT2D eigenvalue weighted by atomic mass is 32.9. The second-order valence-corrected chi connectivity index (χ2v) is 12.3. The number of hydrogen-bond acceptors (Lipinski definition) is 13. The molecule has 0 radical (unpaired) electrons. The summed E-state index contributed by atoms with van der Waals surface area (Å²) in [4.78, 5) is 59.4. The van der Waals surface area contributed by atoms with Gasteiger partial charge in [-0.2, -0.15) is 10.2 Å². The normalized spacial score (nSPS) is 10.8. The quantitative estimate of drug-likeness (QED) is 0.0267. The van der Waals surface area contributed by atoms with E-state index >= 15 is 0 Å². The second-order valence-electron chi connectivity index (χ2n) is 9.37. The molecule has 1 heterocycles. The van der Waals surface area contributed by atoms with Gasteiger partial charge in [0.2, 0.25) is 6.54 Å². The summed E-state index contributed by atoms with van der Waals surface area (Å²) in [5.74, 6) is -2.97. The van der Waals surface area contributed by atoms with Gasteiger partial charge in [0.25, 0.3) is 5.91 Å². The fourth-order valence-electron chi connectivity index (χ4n) is 3.76. The fourth-order valence-corrected chi connectivity index (χ4v) is 6.16. The standard InChI is InChI=1S/C30H24N4O9S3/c35-26(36)13-14-31-29(38)19-3-7-20(8-4-19)32-33-21-9-12-24(43-27(37)2-1-15-34(40)41)23(16-21)30(39)42-22-10-5-18(6-11-22)25-17-28(44)46-45-25/h3-12,16-17H,1-2,13-15H2,(H,31,38)(H,35,36). The summed E-state index contributed by atoms with van der Waals surface area (Å²) in [6, 6.07) is 18.8. The molecule has 0 aliphatic carbocycles. The van der Waals surface area contributed by atoms with Crippen LogP contribution in [0.4, 0.5) is 11.4 Å². The van der Waals surface area contributed by atoms with Gasteiger partial charge in [-0.3, -0.25) is 24.5 Å². The van der Waals surface area contributed by atoms with Crippen molar-refractivity contribution in [2.45, 2.75) is 19.3 Å². The van der Waals surface area contributed by atoms with Gasteiger partial charge in [-0.15, -0.1) is 0 Å². The Morgan fingerprint density at radius 2 is 1.59 bits per heavy atom. The first kappa shape index (κ1) is 33.7. The molecule has 3 aromatic carbocycles. The molecular formula is C30H24N4O9S3. The largest absolute Gasteiger partial charge is 0.481 e. The van der Waals surface area contributed by atoms with E-state index < -0.39 is 35.3 Å². The zero-order chi connectivity index (χ0) is 33.1. The number of carbonyl (C=O) groups is 4. The number of hydrogen-bond donors (Lipinski definition) is 2. The zero-order valence-electron chi connectivity index (χ0n) is 23.7. The van der Waals surface area contributed by atoms with E-state index in [-0.39, 0.29) is 48.6 Å². The monoisotopic (exact) mass is 680 g/mol. The van der Waals surface area contributed by atoms with E-state index in [1.54, 1.807) is 24.3 Å². The van der Waals surface area contributed by atoms with Crippen molar-refractivity contribution in [3.63, 3.8) is 0 Å². The van der Waals surface area contributed by atoms with E-state index in [4.69, 9.17) is 26.8 Å². The highest BCUT2D eigenvalue weighted by Gasteiger charge is 2.19. The first-order valence-electron chi connectivity index (χ1n) is 13.5. The summed E-state index contributed by atoms with van der Waals surface area (Å²) in [7, 11) is 3.01. The van der Waals surface area contributed by atoms with E-state index in [1.807, 2.05) is 6.07 Å². The van der Waals surface area contributed by atoms with Crippen molar-refractivity contribution in [2.24, 2.45) is 10.2 Å². The van der Waals surface area contributed by atoms with Crippen molar-refractivity contribution in [1.82, 2.24) is 5.32 Å². The van der Waals surface area contributed by atoms with Gasteiger partial charge in [0.15, 0.2) is 0 Å². The van der Waals surface area contributed by atoms with Crippen molar-refractivity contribution in [3.8, 4) is 21.9 Å². The molecule has 0 atom stereocenters. The van der Waals surface area contributed by atoms with E-state index in [1.165, 1.54) is 63.1 Å². The Labute approximate surface area is 273 Å². The topological polar surface area (TPSA) is 187 Å². The van der Waals surface area contributed by atoms with Gasteiger partial charge in [0.1, 0.15) is 20.9 Å². The van der Waals surface area contributed by atoms with Crippen LogP contribution in [-0.2, 0) is 9.59 Å². The summed E-state index contributed by atoms with van der Waals surface area (Å²) in [6.45, 7) is -0.419. The maximum absolute atomic E-state index is 13.3. The smallest absolute Gasteiger partial charge is 0.347 e. The van der Waals surface area contributed by atoms with Crippen LogP contribution in [0.2, 0.25) is 0 Å². The molecule has 0 fully saturated rings. The van der Waals surface area contributed by atoms with E-state index in [9.17, 15) is 29.3 Å². The third kappa shape index (κ3) is 10.2. The Kier molecular flexibility index (Phi) is 11.9. The van der Waals surface area contributed by atoms with Gasteiger partial charge < -0.3 is 19.9 Å². The number of carbonyl (C=O) groups excluding carboxylic acids is 3. The number of aliphatic carboxylic acids is 1. The molecule has 1 aromatic heterocycles. The molecule has 0 spiro atoms. The number of nitrogens with one attached hydrogen (secondary N) is 1. The number of nitro groups is 1. The molecular weight excluding hydrogens is 657 g/mol. The molecule has 13 nitrogen and oxygen atoms in total. The van der Waals surface area contributed by atoms with Gasteiger partial charge in [-0.05, 0) is 78.4 Å². The summed E-state index contributed by atoms with van der Waals surface area (Å²) in [5, 5.41) is 30.1. The lowest BCUT2D eigenvalue weighted by Crippen LogP contribution is -2.25. The van der Waals surface area contributed by atoms with E-state index in [2.05, 4.69) is 15.5 Å². The summed E-state index contributed by atoms with van der Waals surface area (Å²) in [6.07, 6.45) is -0.474. The van der Waals surface area contributed by atoms with Crippen LogP contribution in [0.25, 0.3) is 10.4 Å². The minimum absolute atomic E-state index is 0.0122. The van der Waals surface area contributed by atoms with Crippen LogP contribution in [-0.4, -0.2) is 46.9 Å². The van der Waals surface area contributed by atoms with Gasteiger partial charge in [0.05, 0.1) is 24.2 Å². The molecule has 0 saturated heterocycles. The third-order valence-electron chi connectivity index (χ3n) is 5.98. The van der Waals surface area contributed by atoms with Crippen LogP contribution in [0.3, 0.4) is 0 Å². The lowest BCUT2D eigenvalue weighted by atomic mass is 10.1. The number of ether oxygens (including phenoxy) is 2. The van der Waals surface area contributed by atoms with Crippen molar-refractivity contribution in [1.29, 1.82) is 0 Å². The predicted octanol–water partition coefficient (Wildman–Crippen LogP) is 7.01. The molecule has 16 heteroatoms. The number of carboxylic acids is 1. The number of nitrogens with zero attached hydrogens (tertiary/aromatic N) is 3. The minimum atomic E-state index is -1.03. The molecule has 1 amide bonds. The Morgan fingerprint density at radius 1 is 0.891 bits per heavy atom. The maximum Gasteiger partial charge on any atom is 0.347 e. The number of esters is 2. The van der Waals surface area contributed by atoms with Crippen LogP contribution in [0.5, 0.6) is 11.5 Å². The van der Waals surface area contributed by atoms with E-state index in [0.29, 0.717) is 11.3 Å². The SMILES string of the molecule is O=C(O)CCNC(=O)c1ccc(N=Nc2ccc(OC(=O)CCC[N+](=O)[O-])c(C(=O)Oc3ccc(-c4cc(=S)ss4)cc3)c2)cc1. The summed E-state index contributed by atoms with van der Waals surface area (Å²) < 4.78 is 11.7. The number of benzene rings is 3. The molecule has 46 heavy (non-hydrogen) atoms. The van der Waals surface area contributed by atoms with Gasteiger partial charge in [0, 0.05) is 28.3 Å². The molecule has 4 rings (SSSR count). The Hall–Kier alpha value is -5.19. The number of amides is 1. The average Bonchev–Trinajstić information content (AvgIpc) is 3.46. The Bertz CT molecular complexity index is 1840. The average molecular weight is 681 g/mol. The highest BCUT2D eigenvalue weighted by molar-refractivity contribution is 7.80. The molecule has 0 unspecified atom stereocenters. The molecule has 236 valence electrons. The predicted molar refractivity (Wildman–Crippen MR) is 172 cm³/mol. The molecule has 0 bridgehead atoms. The van der Waals surface area contributed by atoms with Crippen molar-refractivity contribution >= 4 is 68.1 Å².